The number of aliphatic hydroxyl groups is 2. The van der Waals surface area contributed by atoms with Gasteiger partial charge in [0.2, 0.25) is 5.91 Å². The van der Waals surface area contributed by atoms with E-state index in [0.717, 1.165) is 14.0 Å². The summed E-state index contributed by atoms with van der Waals surface area (Å²) in [5.74, 6) is -6.86. The molecule has 11 atom stereocenters. The van der Waals surface area contributed by atoms with E-state index in [0.29, 0.717) is 11.1 Å². The second kappa shape index (κ2) is 17.1. The molecule has 2 bridgehead atoms. The van der Waals surface area contributed by atoms with E-state index in [1.807, 2.05) is 20.8 Å². The van der Waals surface area contributed by atoms with Crippen molar-refractivity contribution in [3.05, 3.63) is 47.0 Å². The highest BCUT2D eigenvalue weighted by Gasteiger charge is 2.70. The zero-order valence-corrected chi connectivity index (χ0v) is 35.1. The number of hydrogen-bond donors (Lipinski definition) is 3. The third kappa shape index (κ3) is 8.96. The van der Waals surface area contributed by atoms with Crippen molar-refractivity contribution in [3.63, 3.8) is 0 Å². The molecule has 0 radical (unpaired) electrons. The monoisotopic (exact) mass is 813 g/mol. The Kier molecular flexibility index (Phi) is 13.2. The number of ketones is 1. The van der Waals surface area contributed by atoms with Crippen LogP contribution in [0, 0.1) is 34.5 Å². The van der Waals surface area contributed by atoms with Crippen LogP contribution in [0.3, 0.4) is 0 Å². The van der Waals surface area contributed by atoms with Crippen LogP contribution >= 0.6 is 0 Å². The van der Waals surface area contributed by atoms with Crippen molar-refractivity contribution < 1.29 is 67.4 Å². The van der Waals surface area contributed by atoms with Crippen LogP contribution in [-0.2, 0) is 47.6 Å². The van der Waals surface area contributed by atoms with Crippen LogP contribution in [0.1, 0.15) is 98.4 Å². The van der Waals surface area contributed by atoms with Crippen LogP contribution in [0.5, 0.6) is 0 Å². The van der Waals surface area contributed by atoms with Gasteiger partial charge in [0.1, 0.15) is 18.3 Å². The predicted molar refractivity (Wildman–Crippen MR) is 206 cm³/mol. The highest BCUT2D eigenvalue weighted by molar-refractivity contribution is 5.90. The maximum absolute atomic E-state index is 14.6. The Labute approximate surface area is 339 Å². The minimum absolute atomic E-state index is 0.0275. The Morgan fingerprint density at radius 3 is 2.22 bits per heavy atom. The van der Waals surface area contributed by atoms with Gasteiger partial charge in [-0.1, -0.05) is 66.7 Å². The van der Waals surface area contributed by atoms with E-state index in [-0.39, 0.29) is 49.2 Å². The first-order valence-electron chi connectivity index (χ1n) is 19.9. The fourth-order valence-corrected chi connectivity index (χ4v) is 9.54. The third-order valence-corrected chi connectivity index (χ3v) is 12.3. The van der Waals surface area contributed by atoms with E-state index in [4.69, 9.17) is 28.4 Å². The third-order valence-electron chi connectivity index (χ3n) is 12.3. The number of aliphatic hydroxyl groups excluding tert-OH is 2. The van der Waals surface area contributed by atoms with Crippen LogP contribution in [0.2, 0.25) is 0 Å². The largest absolute Gasteiger partial charge is 0.508 e. The highest BCUT2D eigenvalue weighted by Crippen LogP contribution is 2.59. The summed E-state index contributed by atoms with van der Waals surface area (Å²) in [7, 11) is 1.14. The average Bonchev–Trinajstić information content (AvgIpc) is 3.14. The molecule has 3 N–H and O–H groups in total. The molecule has 320 valence electrons. The number of carbonyl (C=O) groups excluding carboxylic acids is 6. The first-order valence-corrected chi connectivity index (χ1v) is 19.9. The van der Waals surface area contributed by atoms with Gasteiger partial charge in [0.15, 0.2) is 23.6 Å². The molecule has 3 aliphatic carbocycles. The normalized spacial score (nSPS) is 31.4. The predicted octanol–water partition coefficient (Wildman–Crippen LogP) is 4.25. The number of rotatable bonds is 10. The van der Waals surface area contributed by atoms with Crippen molar-refractivity contribution >= 4 is 35.8 Å². The Morgan fingerprint density at radius 2 is 1.67 bits per heavy atom. The highest BCUT2D eigenvalue weighted by atomic mass is 16.8. The van der Waals surface area contributed by atoms with Crippen LogP contribution in [-0.4, -0.2) is 108 Å². The number of benzene rings is 1. The summed E-state index contributed by atoms with van der Waals surface area (Å²) >= 11 is 0. The molecule has 1 saturated heterocycles. The van der Waals surface area contributed by atoms with Gasteiger partial charge in [0.05, 0.1) is 31.4 Å². The lowest BCUT2D eigenvalue weighted by Gasteiger charge is -2.61. The van der Waals surface area contributed by atoms with Crippen molar-refractivity contribution in [1.29, 1.82) is 0 Å². The number of hydrogen-bond acceptors (Lipinski definition) is 14. The molecule has 15 heteroatoms. The number of Topliss-reactive ketones (excluding diaryl/α,β-unsaturated/α-hetero) is 1. The van der Waals surface area contributed by atoms with E-state index in [9.17, 15) is 39.0 Å². The van der Waals surface area contributed by atoms with Gasteiger partial charge in [-0.15, -0.1) is 0 Å². The fraction of sp³-hybridized carbons (Fsp3) is 0.674. The van der Waals surface area contributed by atoms with Crippen molar-refractivity contribution in [2.75, 3.05) is 13.7 Å². The zero-order valence-electron chi connectivity index (χ0n) is 35.1. The molecule has 5 rings (SSSR count). The lowest BCUT2D eigenvalue weighted by molar-refractivity contribution is -0.320. The molecular weight excluding hydrogens is 754 g/mol. The van der Waals surface area contributed by atoms with Crippen molar-refractivity contribution in [1.82, 2.24) is 5.32 Å². The molecule has 1 heterocycles. The van der Waals surface area contributed by atoms with Crippen molar-refractivity contribution in [2.24, 2.45) is 34.5 Å². The summed E-state index contributed by atoms with van der Waals surface area (Å²) in [6.45, 7) is 15.4. The lowest BCUT2D eigenvalue weighted by atomic mass is 9.55. The summed E-state index contributed by atoms with van der Waals surface area (Å²) < 4.78 is 35.3. The minimum atomic E-state index is -1.80. The van der Waals surface area contributed by atoms with E-state index in [2.05, 4.69) is 5.32 Å². The summed E-state index contributed by atoms with van der Waals surface area (Å²) in [6.07, 6.45) is -9.18. The molecule has 3 fully saturated rings. The molecule has 0 spiro atoms. The lowest BCUT2D eigenvalue weighted by Crippen LogP contribution is -2.74. The van der Waals surface area contributed by atoms with Crippen LogP contribution in [0.25, 0.3) is 0 Å². The van der Waals surface area contributed by atoms with E-state index < -0.39 is 107 Å². The second-order valence-electron chi connectivity index (χ2n) is 18.3. The van der Waals surface area contributed by atoms with Crippen molar-refractivity contribution in [2.45, 2.75) is 136 Å². The maximum Gasteiger partial charge on any atom is 0.508 e. The molecule has 58 heavy (non-hydrogen) atoms. The standard InChI is InChI=1S/C43H59NO14/c1-21(2)34(44-31(48)19-41(5,6)7)35(49)39(51)56-29-17-26-36(57-38(50)24-14-12-11-13-15-24)33-25(27(46)18-30-43(33,20-54-30)58-40(52)53-10)16-28(47)37(55-23(4)45)32(22(29)3)42(26,8)9/h11-15,21,25-27,29-30,33-37,46,49H,16-20H2,1-10H3,(H,44,48)/t25-,26?,27-,29?,30+,33+,34-,35+,36?,37-,43-/m0/s1. The molecule has 0 aromatic heterocycles. The first-order chi connectivity index (χ1) is 27.0. The number of carbonyl (C=O) groups is 6. The summed E-state index contributed by atoms with van der Waals surface area (Å²) in [6, 6.07) is 7.18. The van der Waals surface area contributed by atoms with Crippen LogP contribution in [0.4, 0.5) is 4.79 Å². The van der Waals surface area contributed by atoms with E-state index in [1.165, 1.54) is 0 Å². The van der Waals surface area contributed by atoms with Gasteiger partial charge < -0.3 is 44.0 Å². The van der Waals surface area contributed by atoms with Crippen LogP contribution in [0.15, 0.2) is 41.5 Å². The van der Waals surface area contributed by atoms with Gasteiger partial charge >= 0.3 is 24.1 Å². The number of amides is 1. The number of methoxy groups -OCH3 is 1. The van der Waals surface area contributed by atoms with Gasteiger partial charge in [0.25, 0.3) is 0 Å². The summed E-state index contributed by atoms with van der Waals surface area (Å²) in [4.78, 5) is 81.5. The molecular formula is C43H59NO14. The first kappa shape index (κ1) is 44.8. The molecule has 2 saturated carbocycles. The average molecular weight is 814 g/mol. The quantitative estimate of drug-likeness (QED) is 0.172. The molecule has 1 aromatic carbocycles. The number of esters is 3. The Balaban J connectivity index is 1.67. The molecule has 1 aliphatic heterocycles. The smallest absolute Gasteiger partial charge is 0.458 e. The maximum atomic E-state index is 14.6. The topological polar surface area (TPSA) is 210 Å². The molecule has 1 aromatic rings. The van der Waals surface area contributed by atoms with E-state index in [1.54, 1.807) is 65.0 Å². The fourth-order valence-electron chi connectivity index (χ4n) is 9.54. The number of nitrogens with one attached hydrogen (secondary N) is 1. The van der Waals surface area contributed by atoms with Gasteiger partial charge in [-0.2, -0.15) is 0 Å². The minimum Gasteiger partial charge on any atom is -0.458 e. The number of fused-ring (bicyclic) bond motifs is 5. The molecule has 1 amide bonds. The number of ether oxygens (including phenoxy) is 6. The molecule has 4 aliphatic rings. The molecule has 3 unspecified atom stereocenters. The van der Waals surface area contributed by atoms with Crippen LogP contribution < -0.4 is 5.32 Å². The Bertz CT molecular complexity index is 1780. The van der Waals surface area contributed by atoms with E-state index >= 15 is 0 Å². The molecule has 15 nitrogen and oxygen atoms in total. The van der Waals surface area contributed by atoms with Gasteiger partial charge in [0, 0.05) is 43.9 Å². The van der Waals surface area contributed by atoms with Crippen molar-refractivity contribution in [3.8, 4) is 0 Å². The van der Waals surface area contributed by atoms with Gasteiger partial charge in [-0.25, -0.2) is 14.4 Å². The van der Waals surface area contributed by atoms with Gasteiger partial charge in [-0.3, -0.25) is 14.4 Å². The van der Waals surface area contributed by atoms with Gasteiger partial charge in [-0.05, 0) is 53.4 Å². The Hall–Kier alpha value is -4.34. The summed E-state index contributed by atoms with van der Waals surface area (Å²) in [5, 5.41) is 26.0. The SMILES string of the molecule is COC(=O)O[C@@]12CO[C@@H]1C[C@H](O)[C@@H]1CC(=O)[C@H](OC(C)=O)C3=C(C)C(OC(=O)[C@H](O)[C@@H](NC(=O)CC(C)(C)C)C(C)C)CC(C(OC(=O)c4ccccc4)[C@@H]12)C3(C)C. The summed E-state index contributed by atoms with van der Waals surface area (Å²) in [5.41, 5.74) is -2.18. The second-order valence-corrected chi connectivity index (χ2v) is 18.3. The zero-order chi connectivity index (χ0) is 43.1. The Morgan fingerprint density at radius 1 is 1.02 bits per heavy atom.